The molecule has 1 saturated carbocycles. The van der Waals surface area contributed by atoms with E-state index in [1.165, 1.54) is 52.7 Å². The standard InChI is InChI=1S/C32H37FN6O/c1-17(2)30(34)32(40)39-15-22(33)12-27(39)31-36-14-26(38-31)24-10-9-23(28-20-7-8-21(11-20)29(24)28)18-3-5-19(6-4-18)25-13-35-16-37-25/h3,5,9-10,13-14,16-17,20-22,27,30H,4,6-8,11-12,15,34H2,1-2H3,(H,35,37)(H,36,38). The van der Waals surface area contributed by atoms with Crippen molar-refractivity contribution in [1.82, 2.24) is 24.8 Å². The molecule has 5 atom stereocenters. The predicted octanol–water partition coefficient (Wildman–Crippen LogP) is 6.02. The number of amides is 1. The number of imidazole rings is 2. The number of nitrogens with one attached hydrogen (secondary N) is 2. The Balaban J connectivity index is 1.22. The number of aromatic nitrogens is 4. The molecule has 1 aliphatic heterocycles. The van der Waals surface area contributed by atoms with Gasteiger partial charge in [0.25, 0.3) is 0 Å². The number of benzene rings is 1. The van der Waals surface area contributed by atoms with E-state index in [1.807, 2.05) is 26.2 Å². The van der Waals surface area contributed by atoms with Crippen molar-refractivity contribution in [2.24, 2.45) is 11.7 Å². The van der Waals surface area contributed by atoms with Crippen LogP contribution in [0.3, 0.4) is 0 Å². The summed E-state index contributed by atoms with van der Waals surface area (Å²) in [5, 5.41) is 0. The number of carbonyl (C=O) groups is 1. The third-order valence-corrected chi connectivity index (χ3v) is 9.61. The maximum absolute atomic E-state index is 14.6. The van der Waals surface area contributed by atoms with Crippen LogP contribution in [0.5, 0.6) is 0 Å². The third kappa shape index (κ3) is 4.15. The summed E-state index contributed by atoms with van der Waals surface area (Å²) in [6.07, 6.45) is 14.9. The van der Waals surface area contributed by atoms with Crippen LogP contribution in [-0.4, -0.2) is 49.5 Å². The number of hydrogen-bond acceptors (Lipinski definition) is 4. The highest BCUT2D eigenvalue weighted by Crippen LogP contribution is 2.58. The molecule has 0 spiro atoms. The van der Waals surface area contributed by atoms with Gasteiger partial charge in [0.15, 0.2) is 0 Å². The molecular formula is C32H37FN6O. The summed E-state index contributed by atoms with van der Waals surface area (Å²) < 4.78 is 14.6. The minimum Gasteiger partial charge on any atom is -0.345 e. The van der Waals surface area contributed by atoms with Gasteiger partial charge in [0, 0.05) is 12.0 Å². The van der Waals surface area contributed by atoms with Crippen LogP contribution in [0.25, 0.3) is 22.4 Å². The van der Waals surface area contributed by atoms with Crippen LogP contribution >= 0.6 is 0 Å². The molecular weight excluding hydrogens is 503 g/mol. The van der Waals surface area contributed by atoms with Crippen LogP contribution in [0.2, 0.25) is 0 Å². The molecule has 3 aliphatic carbocycles. The van der Waals surface area contributed by atoms with E-state index in [1.54, 1.807) is 11.2 Å². The first kappa shape index (κ1) is 25.4. The van der Waals surface area contributed by atoms with Gasteiger partial charge in [0.05, 0.1) is 48.7 Å². The lowest BCUT2D eigenvalue weighted by Crippen LogP contribution is -2.46. The van der Waals surface area contributed by atoms with Gasteiger partial charge in [-0.25, -0.2) is 14.4 Å². The van der Waals surface area contributed by atoms with Crippen LogP contribution in [0.1, 0.15) is 98.5 Å². The number of alkyl halides is 1. The van der Waals surface area contributed by atoms with Gasteiger partial charge in [-0.3, -0.25) is 4.79 Å². The molecule has 7 nitrogen and oxygen atoms in total. The van der Waals surface area contributed by atoms with E-state index in [-0.39, 0.29) is 24.8 Å². The maximum atomic E-state index is 14.6. The largest absolute Gasteiger partial charge is 0.345 e. The van der Waals surface area contributed by atoms with Crippen LogP contribution in [-0.2, 0) is 4.79 Å². The smallest absolute Gasteiger partial charge is 0.240 e. The van der Waals surface area contributed by atoms with Crippen molar-refractivity contribution in [3.63, 3.8) is 0 Å². The summed E-state index contributed by atoms with van der Waals surface area (Å²) in [5.74, 6) is 1.59. The number of rotatable bonds is 6. The summed E-state index contributed by atoms with van der Waals surface area (Å²) in [6, 6.07) is 3.47. The highest BCUT2D eigenvalue weighted by molar-refractivity contribution is 5.83. The number of aromatic amines is 2. The Bertz CT molecular complexity index is 1500. The van der Waals surface area contributed by atoms with Gasteiger partial charge in [-0.2, -0.15) is 0 Å². The first-order valence-corrected chi connectivity index (χ1v) is 14.7. The van der Waals surface area contributed by atoms with E-state index >= 15 is 0 Å². The molecule has 1 saturated heterocycles. The number of H-pyrrole nitrogens is 2. The van der Waals surface area contributed by atoms with E-state index < -0.39 is 18.3 Å². The Morgan fingerprint density at radius 3 is 2.45 bits per heavy atom. The quantitative estimate of drug-likeness (QED) is 0.356. The Morgan fingerprint density at radius 1 is 1.02 bits per heavy atom. The fourth-order valence-corrected chi connectivity index (χ4v) is 7.46. The minimum absolute atomic E-state index is 0.0117. The lowest BCUT2D eigenvalue weighted by atomic mass is 9.80. The van der Waals surface area contributed by atoms with Crippen LogP contribution in [0.15, 0.2) is 43.0 Å². The number of fused-ring (bicyclic) bond motifs is 5. The molecule has 2 fully saturated rings. The number of likely N-dealkylation sites (tertiary alicyclic amines) is 1. The molecule has 3 aromatic rings. The second-order valence-corrected chi connectivity index (χ2v) is 12.3. The van der Waals surface area contributed by atoms with Gasteiger partial charge in [-0.15, -0.1) is 0 Å². The van der Waals surface area contributed by atoms with E-state index in [0.29, 0.717) is 17.7 Å². The fourth-order valence-electron chi connectivity index (χ4n) is 7.46. The molecule has 4 aliphatic rings. The Labute approximate surface area is 234 Å². The molecule has 1 aromatic carbocycles. The number of nitrogens with zero attached hydrogens (tertiary/aromatic N) is 3. The Kier molecular flexibility index (Phi) is 6.26. The first-order chi connectivity index (χ1) is 19.4. The number of halogens is 1. The summed E-state index contributed by atoms with van der Waals surface area (Å²) >= 11 is 0. The molecule has 2 aromatic heterocycles. The zero-order chi connectivity index (χ0) is 27.5. The Morgan fingerprint density at radius 2 is 1.75 bits per heavy atom. The maximum Gasteiger partial charge on any atom is 0.240 e. The Hall–Kier alpha value is -3.52. The van der Waals surface area contributed by atoms with Gasteiger partial charge in [-0.1, -0.05) is 38.1 Å². The van der Waals surface area contributed by atoms with E-state index in [9.17, 15) is 9.18 Å². The molecule has 208 valence electrons. The predicted molar refractivity (Wildman–Crippen MR) is 154 cm³/mol. The van der Waals surface area contributed by atoms with Gasteiger partial charge in [0.2, 0.25) is 5.91 Å². The monoisotopic (exact) mass is 540 g/mol. The molecule has 3 heterocycles. The van der Waals surface area contributed by atoms with Gasteiger partial charge in [0.1, 0.15) is 12.0 Å². The third-order valence-electron chi connectivity index (χ3n) is 9.61. The molecule has 40 heavy (non-hydrogen) atoms. The SMILES string of the molecule is CC(C)C(N)C(=O)N1CC(F)CC1c1ncc(-c2ccc(C3=CC=C(c4cnc[nH]4)CC3)c3c2C2CCC3C2)[nH]1. The molecule has 5 unspecified atom stereocenters. The number of allylic oxidation sites excluding steroid dienone is 4. The zero-order valence-corrected chi connectivity index (χ0v) is 23.2. The van der Waals surface area contributed by atoms with Gasteiger partial charge < -0.3 is 20.6 Å². The minimum atomic E-state index is -1.08. The molecule has 8 heteroatoms. The molecule has 7 rings (SSSR count). The van der Waals surface area contributed by atoms with Crippen molar-refractivity contribution in [2.45, 2.75) is 82.5 Å². The first-order valence-electron chi connectivity index (χ1n) is 14.7. The van der Waals surface area contributed by atoms with Crippen LogP contribution in [0, 0.1) is 5.92 Å². The second kappa shape index (κ2) is 9.84. The normalized spacial score (nSPS) is 26.3. The summed E-state index contributed by atoms with van der Waals surface area (Å²) in [7, 11) is 0. The molecule has 2 bridgehead atoms. The highest BCUT2D eigenvalue weighted by Gasteiger charge is 2.42. The summed E-state index contributed by atoms with van der Waals surface area (Å²) in [6.45, 7) is 3.91. The van der Waals surface area contributed by atoms with Crippen molar-refractivity contribution in [2.75, 3.05) is 6.54 Å². The second-order valence-electron chi connectivity index (χ2n) is 12.3. The lowest BCUT2D eigenvalue weighted by Gasteiger charge is -2.27. The van der Waals surface area contributed by atoms with E-state index in [2.05, 4.69) is 39.2 Å². The van der Waals surface area contributed by atoms with Crippen molar-refractivity contribution in [3.8, 4) is 11.3 Å². The van der Waals surface area contributed by atoms with E-state index in [4.69, 9.17) is 10.7 Å². The van der Waals surface area contributed by atoms with E-state index in [0.717, 1.165) is 24.2 Å². The van der Waals surface area contributed by atoms with Crippen molar-refractivity contribution in [1.29, 1.82) is 0 Å². The number of carbonyl (C=O) groups excluding carboxylic acids is 1. The van der Waals surface area contributed by atoms with Crippen LogP contribution in [0.4, 0.5) is 4.39 Å². The van der Waals surface area contributed by atoms with Crippen molar-refractivity contribution in [3.05, 3.63) is 71.2 Å². The summed E-state index contributed by atoms with van der Waals surface area (Å²) in [5.41, 5.74) is 16.5. The summed E-state index contributed by atoms with van der Waals surface area (Å²) in [4.78, 5) is 30.3. The lowest BCUT2D eigenvalue weighted by molar-refractivity contribution is -0.134. The molecule has 0 radical (unpaired) electrons. The number of hydrogen-bond donors (Lipinski definition) is 3. The van der Waals surface area contributed by atoms with Gasteiger partial charge >= 0.3 is 0 Å². The van der Waals surface area contributed by atoms with Crippen molar-refractivity contribution >= 4 is 17.1 Å². The molecule has 4 N–H and O–H groups in total. The topological polar surface area (TPSA) is 104 Å². The zero-order valence-electron chi connectivity index (χ0n) is 23.2. The molecule has 1 amide bonds. The number of nitrogens with two attached hydrogens (primary N) is 1. The van der Waals surface area contributed by atoms with Crippen molar-refractivity contribution < 1.29 is 9.18 Å². The highest BCUT2D eigenvalue weighted by atomic mass is 19.1. The fraction of sp³-hybridized carbons (Fsp3) is 0.469. The average molecular weight is 541 g/mol. The van der Waals surface area contributed by atoms with Crippen LogP contribution < -0.4 is 5.73 Å². The average Bonchev–Trinajstić information content (AvgIpc) is 3.80. The van der Waals surface area contributed by atoms with Gasteiger partial charge in [-0.05, 0) is 77.7 Å².